The van der Waals surface area contributed by atoms with E-state index in [1.165, 1.54) is 11.3 Å². The van der Waals surface area contributed by atoms with Crippen LogP contribution in [0.3, 0.4) is 0 Å². The summed E-state index contributed by atoms with van der Waals surface area (Å²) in [6.07, 6.45) is -0.665. The molecule has 3 rings (SSSR count). The minimum absolute atomic E-state index is 0.264. The van der Waals surface area contributed by atoms with E-state index in [9.17, 15) is 4.79 Å². The average molecular weight is 377 g/mol. The molecule has 0 aliphatic heterocycles. The van der Waals surface area contributed by atoms with Crippen LogP contribution in [0.15, 0.2) is 36.4 Å². The molecule has 1 amide bonds. The van der Waals surface area contributed by atoms with Crippen LogP contribution in [0.25, 0.3) is 10.2 Å². The van der Waals surface area contributed by atoms with Gasteiger partial charge < -0.3 is 9.47 Å². The van der Waals surface area contributed by atoms with E-state index in [1.807, 2.05) is 25.1 Å². The van der Waals surface area contributed by atoms with E-state index in [1.54, 1.807) is 32.2 Å². The second-order valence-corrected chi connectivity index (χ2v) is 6.98. The SMILES string of the molecule is COc1ccc2nc(NC(=O)[C@H](C)Oc3ccc(Cl)cc3C)sc2c1. The number of carbonyl (C=O) groups is 1. The van der Waals surface area contributed by atoms with Gasteiger partial charge in [0.2, 0.25) is 0 Å². The summed E-state index contributed by atoms with van der Waals surface area (Å²) in [6.45, 7) is 3.58. The van der Waals surface area contributed by atoms with Crippen LogP contribution in [0.1, 0.15) is 12.5 Å². The van der Waals surface area contributed by atoms with Crippen LogP contribution in [0.5, 0.6) is 11.5 Å². The topological polar surface area (TPSA) is 60.5 Å². The molecule has 130 valence electrons. The molecule has 3 aromatic rings. The van der Waals surface area contributed by atoms with Crippen LogP contribution >= 0.6 is 22.9 Å². The van der Waals surface area contributed by atoms with Crippen molar-refractivity contribution in [3.05, 3.63) is 47.0 Å². The van der Waals surface area contributed by atoms with Crippen molar-refractivity contribution in [1.82, 2.24) is 4.98 Å². The van der Waals surface area contributed by atoms with Gasteiger partial charge in [-0.1, -0.05) is 22.9 Å². The van der Waals surface area contributed by atoms with E-state index in [-0.39, 0.29) is 5.91 Å². The van der Waals surface area contributed by atoms with E-state index in [4.69, 9.17) is 21.1 Å². The largest absolute Gasteiger partial charge is 0.497 e. The molecular weight excluding hydrogens is 360 g/mol. The number of methoxy groups -OCH3 is 1. The quantitative estimate of drug-likeness (QED) is 0.702. The molecule has 1 aromatic heterocycles. The number of ether oxygens (including phenoxy) is 2. The Kier molecular flexibility index (Phi) is 5.11. The van der Waals surface area contributed by atoms with Crippen LogP contribution < -0.4 is 14.8 Å². The average Bonchev–Trinajstić information content (AvgIpc) is 2.98. The van der Waals surface area contributed by atoms with Gasteiger partial charge in [0.15, 0.2) is 11.2 Å². The molecule has 1 heterocycles. The van der Waals surface area contributed by atoms with E-state index < -0.39 is 6.10 Å². The first-order chi connectivity index (χ1) is 12.0. The molecule has 0 spiro atoms. The van der Waals surface area contributed by atoms with Gasteiger partial charge in [-0.3, -0.25) is 10.1 Å². The highest BCUT2D eigenvalue weighted by molar-refractivity contribution is 7.22. The number of fused-ring (bicyclic) bond motifs is 1. The molecule has 0 bridgehead atoms. The summed E-state index contributed by atoms with van der Waals surface area (Å²) >= 11 is 7.32. The fourth-order valence-corrected chi connectivity index (χ4v) is 3.41. The Bertz CT molecular complexity index is 926. The van der Waals surface area contributed by atoms with E-state index in [0.29, 0.717) is 15.9 Å². The van der Waals surface area contributed by atoms with Gasteiger partial charge in [0, 0.05) is 5.02 Å². The Morgan fingerprint density at radius 2 is 2.08 bits per heavy atom. The first-order valence-corrected chi connectivity index (χ1v) is 8.84. The molecule has 0 fully saturated rings. The number of nitrogens with zero attached hydrogens (tertiary/aromatic N) is 1. The number of carbonyl (C=O) groups excluding carboxylic acids is 1. The molecule has 5 nitrogen and oxygen atoms in total. The summed E-state index contributed by atoms with van der Waals surface area (Å²) < 4.78 is 11.9. The van der Waals surface area contributed by atoms with Crippen molar-refractivity contribution in [1.29, 1.82) is 0 Å². The smallest absolute Gasteiger partial charge is 0.266 e. The molecule has 0 unspecified atom stereocenters. The summed E-state index contributed by atoms with van der Waals surface area (Å²) in [5, 5.41) is 3.95. The normalized spacial score (nSPS) is 12.0. The summed E-state index contributed by atoms with van der Waals surface area (Å²) in [5.74, 6) is 1.12. The zero-order chi connectivity index (χ0) is 18.0. The van der Waals surface area contributed by atoms with Crippen molar-refractivity contribution in [3.63, 3.8) is 0 Å². The summed E-state index contributed by atoms with van der Waals surface area (Å²) in [5.41, 5.74) is 1.68. The molecule has 1 atom stereocenters. The number of benzene rings is 2. The van der Waals surface area contributed by atoms with Crippen molar-refractivity contribution in [2.24, 2.45) is 0 Å². The molecule has 0 aliphatic carbocycles. The molecule has 2 aromatic carbocycles. The number of thiazole rings is 1. The Morgan fingerprint density at radius 3 is 2.80 bits per heavy atom. The van der Waals surface area contributed by atoms with Gasteiger partial charge >= 0.3 is 0 Å². The number of amides is 1. The second-order valence-electron chi connectivity index (χ2n) is 5.51. The first-order valence-electron chi connectivity index (χ1n) is 7.64. The van der Waals surface area contributed by atoms with Crippen molar-refractivity contribution in [3.8, 4) is 11.5 Å². The van der Waals surface area contributed by atoms with E-state index in [0.717, 1.165) is 21.5 Å². The maximum atomic E-state index is 12.4. The Labute approximate surface area is 154 Å². The highest BCUT2D eigenvalue weighted by Gasteiger charge is 2.18. The van der Waals surface area contributed by atoms with Gasteiger partial charge in [0.1, 0.15) is 11.5 Å². The fourth-order valence-electron chi connectivity index (χ4n) is 2.28. The highest BCUT2D eigenvalue weighted by atomic mass is 35.5. The van der Waals surface area contributed by atoms with Crippen LogP contribution in [-0.2, 0) is 4.79 Å². The molecule has 1 N–H and O–H groups in total. The lowest BCUT2D eigenvalue weighted by Crippen LogP contribution is -2.30. The van der Waals surface area contributed by atoms with Gasteiger partial charge in [-0.2, -0.15) is 0 Å². The number of hydrogen-bond acceptors (Lipinski definition) is 5. The monoisotopic (exact) mass is 376 g/mol. The Morgan fingerprint density at radius 1 is 1.28 bits per heavy atom. The molecule has 0 saturated heterocycles. The number of anilines is 1. The van der Waals surface area contributed by atoms with Crippen LogP contribution in [0, 0.1) is 6.92 Å². The highest BCUT2D eigenvalue weighted by Crippen LogP contribution is 2.29. The van der Waals surface area contributed by atoms with Gasteiger partial charge in [0.25, 0.3) is 5.91 Å². The number of nitrogens with one attached hydrogen (secondary N) is 1. The third-order valence-electron chi connectivity index (χ3n) is 3.64. The number of hydrogen-bond donors (Lipinski definition) is 1. The number of aromatic nitrogens is 1. The van der Waals surface area contributed by atoms with Gasteiger partial charge in [0.05, 0.1) is 17.3 Å². The lowest BCUT2D eigenvalue weighted by molar-refractivity contribution is -0.122. The number of halogens is 1. The van der Waals surface area contributed by atoms with Crippen LogP contribution in [0.2, 0.25) is 5.02 Å². The third-order valence-corrected chi connectivity index (χ3v) is 4.80. The van der Waals surface area contributed by atoms with E-state index in [2.05, 4.69) is 10.3 Å². The number of aryl methyl sites for hydroxylation is 1. The summed E-state index contributed by atoms with van der Waals surface area (Å²) in [7, 11) is 1.61. The van der Waals surface area contributed by atoms with E-state index >= 15 is 0 Å². The van der Waals surface area contributed by atoms with Crippen molar-refractivity contribution in [2.45, 2.75) is 20.0 Å². The lowest BCUT2D eigenvalue weighted by Gasteiger charge is -2.15. The van der Waals surface area contributed by atoms with Crippen molar-refractivity contribution < 1.29 is 14.3 Å². The van der Waals surface area contributed by atoms with Crippen molar-refractivity contribution in [2.75, 3.05) is 12.4 Å². The maximum Gasteiger partial charge on any atom is 0.266 e. The Hall–Kier alpha value is -2.31. The first kappa shape index (κ1) is 17.5. The second kappa shape index (κ2) is 7.29. The maximum absolute atomic E-state index is 12.4. The van der Waals surface area contributed by atoms with Crippen LogP contribution in [-0.4, -0.2) is 24.1 Å². The zero-order valence-electron chi connectivity index (χ0n) is 14.0. The molecule has 0 saturated carbocycles. The molecule has 7 heteroatoms. The third kappa shape index (κ3) is 4.03. The zero-order valence-corrected chi connectivity index (χ0v) is 15.6. The van der Waals surface area contributed by atoms with Gasteiger partial charge in [-0.05, 0) is 55.8 Å². The molecule has 0 radical (unpaired) electrons. The standard InChI is InChI=1S/C18H17ClN2O3S/c1-10-8-12(19)4-7-15(10)24-11(2)17(22)21-18-20-14-6-5-13(23-3)9-16(14)25-18/h4-9,11H,1-3H3,(H,20,21,22)/t11-/m0/s1. The number of rotatable bonds is 5. The minimum Gasteiger partial charge on any atom is -0.497 e. The molecule has 0 aliphatic rings. The fraction of sp³-hybridized carbons (Fsp3) is 0.222. The lowest BCUT2D eigenvalue weighted by atomic mass is 10.2. The predicted molar refractivity (Wildman–Crippen MR) is 101 cm³/mol. The summed E-state index contributed by atoms with van der Waals surface area (Å²) in [6, 6.07) is 10.9. The predicted octanol–water partition coefficient (Wildman–Crippen LogP) is 4.67. The van der Waals surface area contributed by atoms with Crippen LogP contribution in [0.4, 0.5) is 5.13 Å². The van der Waals surface area contributed by atoms with Crippen molar-refractivity contribution >= 4 is 44.2 Å². The van der Waals surface area contributed by atoms with Gasteiger partial charge in [-0.15, -0.1) is 0 Å². The van der Waals surface area contributed by atoms with Gasteiger partial charge in [-0.25, -0.2) is 4.98 Å². The summed E-state index contributed by atoms with van der Waals surface area (Å²) in [4.78, 5) is 16.8. The molecular formula is C18H17ClN2O3S. The molecule has 25 heavy (non-hydrogen) atoms. The minimum atomic E-state index is -0.665. The Balaban J connectivity index is 1.70.